The fourth-order valence-corrected chi connectivity index (χ4v) is 3.59. The van der Waals surface area contributed by atoms with E-state index in [0.717, 1.165) is 57.4 Å². The van der Waals surface area contributed by atoms with Crippen molar-refractivity contribution in [2.75, 3.05) is 53.6 Å². The third-order valence-electron chi connectivity index (χ3n) is 5.19. The van der Waals surface area contributed by atoms with Crippen LogP contribution in [0.3, 0.4) is 0 Å². The van der Waals surface area contributed by atoms with Gasteiger partial charge in [-0.1, -0.05) is 30.3 Å². The van der Waals surface area contributed by atoms with Crippen LogP contribution in [0.25, 0.3) is 11.1 Å². The number of nitrogens with one attached hydrogen (secondary N) is 1. The number of rotatable bonds is 10. The van der Waals surface area contributed by atoms with Gasteiger partial charge in [-0.05, 0) is 54.8 Å². The second-order valence-electron chi connectivity index (χ2n) is 7.07. The molecule has 1 N–H and O–H groups in total. The smallest absolute Gasteiger partial charge is 0.161 e. The highest BCUT2D eigenvalue weighted by atomic mass is 16.5. The van der Waals surface area contributed by atoms with Crippen LogP contribution in [0.15, 0.2) is 42.5 Å². The van der Waals surface area contributed by atoms with Crippen LogP contribution in [0.2, 0.25) is 0 Å². The fourth-order valence-electron chi connectivity index (χ4n) is 3.59. The molecule has 0 radical (unpaired) electrons. The van der Waals surface area contributed by atoms with E-state index < -0.39 is 0 Å². The highest BCUT2D eigenvalue weighted by molar-refractivity contribution is 5.71. The normalized spacial score (nSPS) is 14.8. The molecule has 0 bridgehead atoms. The van der Waals surface area contributed by atoms with Crippen molar-refractivity contribution >= 4 is 0 Å². The van der Waals surface area contributed by atoms with Crippen LogP contribution >= 0.6 is 0 Å². The van der Waals surface area contributed by atoms with E-state index in [4.69, 9.17) is 14.2 Å². The number of hydrogen-bond donors (Lipinski definition) is 1. The molecule has 0 saturated carbocycles. The van der Waals surface area contributed by atoms with E-state index in [0.29, 0.717) is 0 Å². The lowest BCUT2D eigenvalue weighted by atomic mass is 9.98. The zero-order valence-corrected chi connectivity index (χ0v) is 17.1. The lowest BCUT2D eigenvalue weighted by Crippen LogP contribution is -2.37. The summed E-state index contributed by atoms with van der Waals surface area (Å²) in [5.74, 6) is 1.53. The van der Waals surface area contributed by atoms with Crippen molar-refractivity contribution in [1.29, 1.82) is 0 Å². The lowest BCUT2D eigenvalue weighted by molar-refractivity contribution is 0.0372. The molecule has 1 heterocycles. The van der Waals surface area contributed by atoms with Gasteiger partial charge in [0.15, 0.2) is 11.5 Å². The summed E-state index contributed by atoms with van der Waals surface area (Å²) in [5.41, 5.74) is 3.59. The minimum absolute atomic E-state index is 0.760. The predicted octanol–water partition coefficient (Wildman–Crippen LogP) is 3.57. The zero-order chi connectivity index (χ0) is 19.6. The molecule has 28 heavy (non-hydrogen) atoms. The molecular formula is C23H32N2O3. The van der Waals surface area contributed by atoms with Gasteiger partial charge in [-0.25, -0.2) is 0 Å². The van der Waals surface area contributed by atoms with Gasteiger partial charge >= 0.3 is 0 Å². The maximum absolute atomic E-state index is 5.51. The Bertz CT molecular complexity index is 715. The standard InChI is InChI=1S/C23H32N2O3/c1-26-22-16-20(18-24-10-6-7-11-25-12-14-28-15-13-25)21(17-23(22)27-2)19-8-4-3-5-9-19/h3-5,8-9,16-17,24H,6-7,10-15,18H2,1-2H3. The van der Waals surface area contributed by atoms with Gasteiger partial charge in [0.2, 0.25) is 0 Å². The van der Waals surface area contributed by atoms with Gasteiger partial charge in [0.25, 0.3) is 0 Å². The van der Waals surface area contributed by atoms with E-state index in [2.05, 4.69) is 46.6 Å². The summed E-state index contributed by atoms with van der Waals surface area (Å²) in [6, 6.07) is 14.6. The summed E-state index contributed by atoms with van der Waals surface area (Å²) in [6.45, 7) is 6.87. The topological polar surface area (TPSA) is 43.0 Å². The molecule has 3 rings (SSSR count). The van der Waals surface area contributed by atoms with Crippen molar-refractivity contribution in [2.24, 2.45) is 0 Å². The molecule has 152 valence electrons. The Morgan fingerprint density at radius 1 is 0.964 bits per heavy atom. The average molecular weight is 385 g/mol. The van der Waals surface area contributed by atoms with E-state index in [1.54, 1.807) is 14.2 Å². The molecule has 0 spiro atoms. The van der Waals surface area contributed by atoms with Crippen molar-refractivity contribution in [2.45, 2.75) is 19.4 Å². The third-order valence-corrected chi connectivity index (χ3v) is 5.19. The third kappa shape index (κ3) is 5.71. The van der Waals surface area contributed by atoms with Crippen LogP contribution in [0.1, 0.15) is 18.4 Å². The molecule has 0 aliphatic carbocycles. The van der Waals surface area contributed by atoms with E-state index in [-0.39, 0.29) is 0 Å². The molecule has 0 unspecified atom stereocenters. The lowest BCUT2D eigenvalue weighted by Gasteiger charge is -2.26. The molecule has 1 fully saturated rings. The molecule has 2 aromatic rings. The van der Waals surface area contributed by atoms with Gasteiger partial charge < -0.3 is 19.5 Å². The van der Waals surface area contributed by atoms with Gasteiger partial charge in [-0.3, -0.25) is 4.90 Å². The molecule has 0 amide bonds. The highest BCUT2D eigenvalue weighted by Gasteiger charge is 2.13. The highest BCUT2D eigenvalue weighted by Crippen LogP contribution is 2.35. The number of benzene rings is 2. The Labute approximate surface area is 168 Å². The summed E-state index contributed by atoms with van der Waals surface area (Å²) in [5, 5.41) is 3.60. The maximum Gasteiger partial charge on any atom is 0.161 e. The van der Waals surface area contributed by atoms with Crippen LogP contribution in [-0.2, 0) is 11.3 Å². The van der Waals surface area contributed by atoms with Crippen LogP contribution in [0.5, 0.6) is 11.5 Å². The molecule has 0 atom stereocenters. The summed E-state index contributed by atoms with van der Waals surface area (Å²) in [4.78, 5) is 2.49. The van der Waals surface area contributed by atoms with Gasteiger partial charge in [-0.2, -0.15) is 0 Å². The SMILES string of the molecule is COc1cc(CNCCCCN2CCOCC2)c(-c2ccccc2)cc1OC. The Morgan fingerprint density at radius 2 is 1.68 bits per heavy atom. The summed E-state index contributed by atoms with van der Waals surface area (Å²) in [7, 11) is 3.36. The van der Waals surface area contributed by atoms with Crippen LogP contribution in [-0.4, -0.2) is 58.5 Å². The Hall–Kier alpha value is -2.08. The number of morpholine rings is 1. The van der Waals surface area contributed by atoms with Crippen LogP contribution in [0, 0.1) is 0 Å². The monoisotopic (exact) mass is 384 g/mol. The Balaban J connectivity index is 1.57. The molecular weight excluding hydrogens is 352 g/mol. The minimum Gasteiger partial charge on any atom is -0.493 e. The first-order chi connectivity index (χ1) is 13.8. The number of ether oxygens (including phenoxy) is 3. The number of hydrogen-bond acceptors (Lipinski definition) is 5. The molecule has 5 nitrogen and oxygen atoms in total. The second-order valence-corrected chi connectivity index (χ2v) is 7.07. The molecule has 1 aliphatic heterocycles. The summed E-state index contributed by atoms with van der Waals surface area (Å²) >= 11 is 0. The van der Waals surface area contributed by atoms with Crippen molar-refractivity contribution in [3.8, 4) is 22.6 Å². The quantitative estimate of drug-likeness (QED) is 0.635. The predicted molar refractivity (Wildman–Crippen MR) is 113 cm³/mol. The molecule has 0 aromatic heterocycles. The van der Waals surface area contributed by atoms with Gasteiger partial charge in [0, 0.05) is 19.6 Å². The molecule has 1 saturated heterocycles. The molecule has 1 aliphatic rings. The van der Waals surface area contributed by atoms with E-state index in [1.165, 1.54) is 29.5 Å². The minimum atomic E-state index is 0.760. The Kier molecular flexibility index (Phi) is 8.15. The summed E-state index contributed by atoms with van der Waals surface area (Å²) < 4.78 is 16.4. The van der Waals surface area contributed by atoms with E-state index in [9.17, 15) is 0 Å². The van der Waals surface area contributed by atoms with Crippen molar-refractivity contribution < 1.29 is 14.2 Å². The Morgan fingerprint density at radius 3 is 2.39 bits per heavy atom. The largest absolute Gasteiger partial charge is 0.493 e. The first-order valence-corrected chi connectivity index (χ1v) is 10.1. The first kappa shape index (κ1) is 20.6. The first-order valence-electron chi connectivity index (χ1n) is 10.1. The number of unbranched alkanes of at least 4 members (excludes halogenated alkanes) is 1. The van der Waals surface area contributed by atoms with Crippen molar-refractivity contribution in [3.05, 3.63) is 48.0 Å². The van der Waals surface area contributed by atoms with Crippen LogP contribution < -0.4 is 14.8 Å². The van der Waals surface area contributed by atoms with Crippen molar-refractivity contribution in [1.82, 2.24) is 10.2 Å². The average Bonchev–Trinajstić information content (AvgIpc) is 2.77. The number of methoxy groups -OCH3 is 2. The van der Waals surface area contributed by atoms with Crippen LogP contribution in [0.4, 0.5) is 0 Å². The van der Waals surface area contributed by atoms with Gasteiger partial charge in [-0.15, -0.1) is 0 Å². The van der Waals surface area contributed by atoms with E-state index in [1.807, 2.05) is 6.07 Å². The van der Waals surface area contributed by atoms with Gasteiger partial charge in [0.05, 0.1) is 27.4 Å². The van der Waals surface area contributed by atoms with Gasteiger partial charge in [0.1, 0.15) is 0 Å². The zero-order valence-electron chi connectivity index (χ0n) is 17.1. The molecule has 5 heteroatoms. The van der Waals surface area contributed by atoms with Crippen molar-refractivity contribution in [3.63, 3.8) is 0 Å². The second kappa shape index (κ2) is 11.1. The maximum atomic E-state index is 5.51. The van der Waals surface area contributed by atoms with E-state index >= 15 is 0 Å². The number of nitrogens with zero attached hydrogens (tertiary/aromatic N) is 1. The molecule has 2 aromatic carbocycles. The fraction of sp³-hybridized carbons (Fsp3) is 0.478. The summed E-state index contributed by atoms with van der Waals surface area (Å²) in [6.07, 6.45) is 2.38.